The van der Waals surface area contributed by atoms with Gasteiger partial charge in [-0.1, -0.05) is 0 Å². The number of rotatable bonds is 3. The molecule has 1 aliphatic heterocycles. The molecular formula is C6H10NO3. The molecule has 1 aliphatic rings. The van der Waals surface area contributed by atoms with E-state index in [0.29, 0.717) is 19.8 Å². The van der Waals surface area contributed by atoms with Gasteiger partial charge in [-0.25, -0.2) is 4.79 Å². The van der Waals surface area contributed by atoms with Crippen LogP contribution in [-0.2, 0) is 9.47 Å². The lowest BCUT2D eigenvalue weighted by Gasteiger charge is -2.09. The summed E-state index contributed by atoms with van der Waals surface area (Å²) in [7, 11) is 1.60. The standard InChI is InChI=1S/C6H10NO3/c1-9-4-2-7-3-5-10-6(7)8/h3H,2,4-5H2,1H3. The molecule has 10 heavy (non-hydrogen) atoms. The second-order valence-electron chi connectivity index (χ2n) is 1.95. The predicted octanol–water partition coefficient (Wildman–Crippen LogP) is 0.247. The summed E-state index contributed by atoms with van der Waals surface area (Å²) in [6.07, 6.45) is -0.281. The van der Waals surface area contributed by atoms with Crippen LogP contribution in [0.2, 0.25) is 0 Å². The largest absolute Gasteiger partial charge is 0.447 e. The molecule has 1 rings (SSSR count). The zero-order chi connectivity index (χ0) is 7.40. The van der Waals surface area contributed by atoms with E-state index in [4.69, 9.17) is 4.74 Å². The predicted molar refractivity (Wildman–Crippen MR) is 34.2 cm³/mol. The molecular weight excluding hydrogens is 134 g/mol. The number of carbonyl (C=O) groups is 1. The Hall–Kier alpha value is -0.770. The Morgan fingerprint density at radius 3 is 3.20 bits per heavy atom. The first-order chi connectivity index (χ1) is 4.84. The van der Waals surface area contributed by atoms with Crippen molar-refractivity contribution in [3.8, 4) is 0 Å². The molecule has 0 aromatic rings. The molecule has 0 bridgehead atoms. The lowest BCUT2D eigenvalue weighted by atomic mass is 10.5. The van der Waals surface area contributed by atoms with E-state index >= 15 is 0 Å². The number of ether oxygens (including phenoxy) is 2. The van der Waals surface area contributed by atoms with Gasteiger partial charge in [-0.2, -0.15) is 0 Å². The van der Waals surface area contributed by atoms with Crippen molar-refractivity contribution in [3.63, 3.8) is 0 Å². The lowest BCUT2D eigenvalue weighted by Crippen LogP contribution is -2.25. The lowest BCUT2D eigenvalue weighted by molar-refractivity contribution is 0.141. The first kappa shape index (κ1) is 7.34. The van der Waals surface area contributed by atoms with Gasteiger partial charge >= 0.3 is 6.09 Å². The number of hydrogen-bond acceptors (Lipinski definition) is 3. The minimum absolute atomic E-state index is 0.281. The van der Waals surface area contributed by atoms with Crippen molar-refractivity contribution in [3.05, 3.63) is 6.54 Å². The molecule has 4 heteroatoms. The Bertz CT molecular complexity index is 126. The van der Waals surface area contributed by atoms with Crippen molar-refractivity contribution in [1.29, 1.82) is 0 Å². The second-order valence-corrected chi connectivity index (χ2v) is 1.95. The molecule has 0 aliphatic carbocycles. The molecule has 0 unspecified atom stereocenters. The maximum Gasteiger partial charge on any atom is 0.410 e. The fourth-order valence-corrected chi connectivity index (χ4v) is 0.728. The molecule has 0 N–H and O–H groups in total. The van der Waals surface area contributed by atoms with Crippen LogP contribution in [0.25, 0.3) is 0 Å². The number of amides is 1. The van der Waals surface area contributed by atoms with E-state index < -0.39 is 0 Å². The van der Waals surface area contributed by atoms with E-state index in [9.17, 15) is 4.79 Å². The highest BCUT2D eigenvalue weighted by molar-refractivity contribution is 5.70. The third-order valence-corrected chi connectivity index (χ3v) is 1.27. The second kappa shape index (κ2) is 3.41. The monoisotopic (exact) mass is 144 g/mol. The van der Waals surface area contributed by atoms with E-state index in [1.54, 1.807) is 13.7 Å². The van der Waals surface area contributed by atoms with Gasteiger partial charge in [-0.3, -0.25) is 4.90 Å². The summed E-state index contributed by atoms with van der Waals surface area (Å²) in [6.45, 7) is 3.23. The van der Waals surface area contributed by atoms with Crippen LogP contribution in [0.1, 0.15) is 0 Å². The Balaban J connectivity index is 2.20. The summed E-state index contributed by atoms with van der Waals surface area (Å²) in [5.74, 6) is 0. The molecule has 0 aromatic carbocycles. The SMILES string of the molecule is COCCN1[CH]COC1=O. The maximum absolute atomic E-state index is 10.7. The highest BCUT2D eigenvalue weighted by atomic mass is 16.6. The van der Waals surface area contributed by atoms with Crippen molar-refractivity contribution >= 4 is 6.09 Å². The summed E-state index contributed by atoms with van der Waals surface area (Å²) in [5.41, 5.74) is 0. The number of carbonyl (C=O) groups excluding carboxylic acids is 1. The molecule has 1 fully saturated rings. The molecule has 0 saturated carbocycles. The Morgan fingerprint density at radius 1 is 1.90 bits per heavy atom. The van der Waals surface area contributed by atoms with Crippen molar-refractivity contribution in [2.75, 3.05) is 26.9 Å². The number of cyclic esters (lactones) is 1. The average Bonchev–Trinajstić information content (AvgIpc) is 2.31. The summed E-state index contributed by atoms with van der Waals surface area (Å²) >= 11 is 0. The van der Waals surface area contributed by atoms with Gasteiger partial charge in [0.1, 0.15) is 6.61 Å². The summed E-state index contributed by atoms with van der Waals surface area (Å²) < 4.78 is 9.42. The van der Waals surface area contributed by atoms with Crippen molar-refractivity contribution in [1.82, 2.24) is 4.90 Å². The third kappa shape index (κ3) is 1.60. The van der Waals surface area contributed by atoms with Crippen LogP contribution >= 0.6 is 0 Å². The number of hydrogen-bond donors (Lipinski definition) is 0. The zero-order valence-corrected chi connectivity index (χ0v) is 5.87. The minimum atomic E-state index is -0.281. The zero-order valence-electron chi connectivity index (χ0n) is 5.87. The topological polar surface area (TPSA) is 38.8 Å². The molecule has 1 radical (unpaired) electrons. The van der Waals surface area contributed by atoms with Crippen LogP contribution in [0.15, 0.2) is 0 Å². The Labute approximate surface area is 59.7 Å². The van der Waals surface area contributed by atoms with E-state index in [1.807, 2.05) is 0 Å². The Morgan fingerprint density at radius 2 is 2.70 bits per heavy atom. The fraction of sp³-hybridized carbons (Fsp3) is 0.667. The van der Waals surface area contributed by atoms with Gasteiger partial charge in [0, 0.05) is 13.7 Å². The van der Waals surface area contributed by atoms with Crippen LogP contribution in [-0.4, -0.2) is 37.9 Å². The smallest absolute Gasteiger partial charge is 0.410 e. The number of nitrogens with zero attached hydrogens (tertiary/aromatic N) is 1. The minimum Gasteiger partial charge on any atom is -0.447 e. The van der Waals surface area contributed by atoms with Crippen LogP contribution in [0.3, 0.4) is 0 Å². The maximum atomic E-state index is 10.7. The van der Waals surface area contributed by atoms with Crippen LogP contribution < -0.4 is 0 Å². The van der Waals surface area contributed by atoms with Crippen LogP contribution in [0.5, 0.6) is 0 Å². The normalized spacial score (nSPS) is 17.7. The van der Waals surface area contributed by atoms with Gasteiger partial charge in [0.15, 0.2) is 0 Å². The first-order valence-electron chi connectivity index (χ1n) is 3.10. The van der Waals surface area contributed by atoms with Crippen LogP contribution in [0.4, 0.5) is 4.79 Å². The molecule has 1 saturated heterocycles. The van der Waals surface area contributed by atoms with E-state index in [1.165, 1.54) is 4.90 Å². The molecule has 0 atom stereocenters. The van der Waals surface area contributed by atoms with Gasteiger partial charge in [-0.05, 0) is 0 Å². The third-order valence-electron chi connectivity index (χ3n) is 1.27. The molecule has 0 aromatic heterocycles. The summed E-state index contributed by atoms with van der Waals surface area (Å²) in [4.78, 5) is 12.2. The molecule has 57 valence electrons. The quantitative estimate of drug-likeness (QED) is 0.569. The van der Waals surface area contributed by atoms with E-state index in [0.717, 1.165) is 0 Å². The molecule has 0 spiro atoms. The van der Waals surface area contributed by atoms with Crippen molar-refractivity contribution < 1.29 is 14.3 Å². The van der Waals surface area contributed by atoms with Crippen molar-refractivity contribution in [2.45, 2.75) is 0 Å². The highest BCUT2D eigenvalue weighted by Gasteiger charge is 2.21. The van der Waals surface area contributed by atoms with Gasteiger partial charge in [0.05, 0.1) is 13.2 Å². The Kier molecular flexibility index (Phi) is 2.50. The molecule has 4 nitrogen and oxygen atoms in total. The summed E-state index contributed by atoms with van der Waals surface area (Å²) in [5, 5.41) is 0. The van der Waals surface area contributed by atoms with Crippen molar-refractivity contribution in [2.24, 2.45) is 0 Å². The fourth-order valence-electron chi connectivity index (χ4n) is 0.728. The highest BCUT2D eigenvalue weighted by Crippen LogP contribution is 2.05. The first-order valence-corrected chi connectivity index (χ1v) is 3.10. The van der Waals surface area contributed by atoms with Gasteiger partial charge < -0.3 is 9.47 Å². The number of methoxy groups -OCH3 is 1. The summed E-state index contributed by atoms with van der Waals surface area (Å²) in [6, 6.07) is 0. The van der Waals surface area contributed by atoms with Crippen LogP contribution in [0, 0.1) is 6.54 Å². The van der Waals surface area contributed by atoms with Gasteiger partial charge in [-0.15, -0.1) is 0 Å². The average molecular weight is 144 g/mol. The molecule has 1 amide bonds. The van der Waals surface area contributed by atoms with Gasteiger partial charge in [0.2, 0.25) is 0 Å². The van der Waals surface area contributed by atoms with E-state index in [2.05, 4.69) is 4.74 Å². The van der Waals surface area contributed by atoms with Gasteiger partial charge in [0.25, 0.3) is 0 Å². The van der Waals surface area contributed by atoms with E-state index in [-0.39, 0.29) is 6.09 Å². The molecule has 1 heterocycles.